The van der Waals surface area contributed by atoms with E-state index in [0.29, 0.717) is 6.54 Å². The highest BCUT2D eigenvalue weighted by atomic mass is 16.5. The monoisotopic (exact) mass is 290 g/mol. The molecule has 1 aromatic heterocycles. The van der Waals surface area contributed by atoms with E-state index in [-0.39, 0.29) is 6.04 Å². The Morgan fingerprint density at radius 3 is 2.33 bits per heavy atom. The Morgan fingerprint density at radius 1 is 1.19 bits per heavy atom. The normalized spacial score (nSPS) is 12.4. The summed E-state index contributed by atoms with van der Waals surface area (Å²) in [6.07, 6.45) is 3.42. The van der Waals surface area contributed by atoms with Crippen molar-refractivity contribution in [3.8, 4) is 11.5 Å². The fraction of sp³-hybridized carbons (Fsp3) is 0.375. The van der Waals surface area contributed by atoms with Crippen LogP contribution in [-0.2, 0) is 6.54 Å². The number of nitrogens with zero attached hydrogens (tertiary/aromatic N) is 1. The molecule has 0 aliphatic carbocycles. The Morgan fingerprint density at radius 2 is 1.86 bits per heavy atom. The predicted octanol–water partition coefficient (Wildman–Crippen LogP) is 2.43. The summed E-state index contributed by atoms with van der Waals surface area (Å²) in [5.74, 6) is 1.53. The molecule has 21 heavy (non-hydrogen) atoms. The number of nitrogens with two attached hydrogens (primary N) is 1. The number of rotatable bonds is 7. The standard InChI is InChI=1S/C16H22N2O3/c1-18(10-12-4-5-21-11-12)16(9-17)13-6-14(19-2)8-15(7-13)20-3/h4-8,11,16H,9-10,17H2,1-3H3. The number of likely N-dealkylation sites (N-methyl/N-ethyl adjacent to an activating group) is 1. The smallest absolute Gasteiger partial charge is 0.122 e. The summed E-state index contributed by atoms with van der Waals surface area (Å²) in [5.41, 5.74) is 8.16. The van der Waals surface area contributed by atoms with Crippen LogP contribution in [0.1, 0.15) is 17.2 Å². The van der Waals surface area contributed by atoms with Gasteiger partial charge in [0, 0.05) is 30.8 Å². The third-order valence-corrected chi connectivity index (χ3v) is 3.53. The van der Waals surface area contributed by atoms with Crippen molar-refractivity contribution in [3.05, 3.63) is 47.9 Å². The third-order valence-electron chi connectivity index (χ3n) is 3.53. The summed E-state index contributed by atoms with van der Waals surface area (Å²) in [6, 6.07) is 7.87. The van der Waals surface area contributed by atoms with Crippen molar-refractivity contribution in [2.45, 2.75) is 12.6 Å². The highest BCUT2D eigenvalue weighted by Crippen LogP contribution is 2.29. The first-order chi connectivity index (χ1) is 10.2. The van der Waals surface area contributed by atoms with Crippen molar-refractivity contribution >= 4 is 0 Å². The zero-order valence-corrected chi connectivity index (χ0v) is 12.7. The van der Waals surface area contributed by atoms with Crippen LogP contribution in [0.3, 0.4) is 0 Å². The maximum absolute atomic E-state index is 5.97. The van der Waals surface area contributed by atoms with E-state index in [1.165, 1.54) is 0 Å². The highest BCUT2D eigenvalue weighted by Gasteiger charge is 2.18. The molecule has 5 nitrogen and oxygen atoms in total. The summed E-state index contributed by atoms with van der Waals surface area (Å²) in [5, 5.41) is 0. The maximum Gasteiger partial charge on any atom is 0.122 e. The molecule has 0 fully saturated rings. The largest absolute Gasteiger partial charge is 0.497 e. The van der Waals surface area contributed by atoms with Crippen molar-refractivity contribution < 1.29 is 13.9 Å². The molecule has 0 aliphatic rings. The first-order valence-corrected chi connectivity index (χ1v) is 6.82. The Balaban J connectivity index is 2.23. The van der Waals surface area contributed by atoms with Crippen molar-refractivity contribution in [1.82, 2.24) is 4.90 Å². The Bertz CT molecular complexity index is 532. The van der Waals surface area contributed by atoms with Crippen LogP contribution in [0.4, 0.5) is 0 Å². The van der Waals surface area contributed by atoms with E-state index >= 15 is 0 Å². The molecular formula is C16H22N2O3. The molecule has 1 aromatic carbocycles. The molecule has 0 bridgehead atoms. The topological polar surface area (TPSA) is 60.9 Å². The van der Waals surface area contributed by atoms with Crippen LogP contribution >= 0.6 is 0 Å². The fourth-order valence-electron chi connectivity index (χ4n) is 2.37. The van der Waals surface area contributed by atoms with Gasteiger partial charge in [0.25, 0.3) is 0 Å². The molecule has 0 aliphatic heterocycles. The Labute approximate surface area is 125 Å². The van der Waals surface area contributed by atoms with E-state index in [2.05, 4.69) is 4.90 Å². The molecule has 2 rings (SSSR count). The molecule has 0 amide bonds. The molecule has 2 N–H and O–H groups in total. The fourth-order valence-corrected chi connectivity index (χ4v) is 2.37. The summed E-state index contributed by atoms with van der Waals surface area (Å²) in [4.78, 5) is 2.18. The summed E-state index contributed by atoms with van der Waals surface area (Å²) in [6.45, 7) is 1.27. The van der Waals surface area contributed by atoms with Gasteiger partial charge in [-0.15, -0.1) is 0 Å². The van der Waals surface area contributed by atoms with Crippen molar-refractivity contribution in [3.63, 3.8) is 0 Å². The van der Waals surface area contributed by atoms with Gasteiger partial charge in [-0.3, -0.25) is 4.90 Å². The van der Waals surface area contributed by atoms with Gasteiger partial charge in [0.1, 0.15) is 11.5 Å². The van der Waals surface area contributed by atoms with Crippen LogP contribution in [-0.4, -0.2) is 32.7 Å². The Hall–Kier alpha value is -1.98. The first-order valence-electron chi connectivity index (χ1n) is 6.82. The molecule has 2 aromatic rings. The molecule has 1 unspecified atom stereocenters. The molecule has 114 valence electrons. The van der Waals surface area contributed by atoms with E-state index in [1.807, 2.05) is 31.3 Å². The van der Waals surface area contributed by atoms with E-state index in [1.54, 1.807) is 26.7 Å². The van der Waals surface area contributed by atoms with Crippen LogP contribution in [0, 0.1) is 0 Å². The summed E-state index contributed by atoms with van der Waals surface area (Å²) < 4.78 is 15.8. The minimum Gasteiger partial charge on any atom is -0.497 e. The maximum atomic E-state index is 5.97. The van der Waals surface area contributed by atoms with Crippen LogP contribution in [0.2, 0.25) is 0 Å². The van der Waals surface area contributed by atoms with Crippen LogP contribution in [0.15, 0.2) is 41.2 Å². The van der Waals surface area contributed by atoms with E-state index in [4.69, 9.17) is 19.6 Å². The van der Waals surface area contributed by atoms with E-state index < -0.39 is 0 Å². The third kappa shape index (κ3) is 3.77. The zero-order valence-electron chi connectivity index (χ0n) is 12.7. The molecule has 1 heterocycles. The van der Waals surface area contributed by atoms with Gasteiger partial charge in [-0.25, -0.2) is 0 Å². The highest BCUT2D eigenvalue weighted by molar-refractivity contribution is 5.40. The predicted molar refractivity (Wildman–Crippen MR) is 81.5 cm³/mol. The minimum atomic E-state index is 0.0731. The lowest BCUT2D eigenvalue weighted by atomic mass is 10.0. The molecule has 0 spiro atoms. The van der Waals surface area contributed by atoms with Crippen LogP contribution in [0.25, 0.3) is 0 Å². The quantitative estimate of drug-likeness (QED) is 0.848. The molecule has 0 saturated carbocycles. The number of benzene rings is 1. The lowest BCUT2D eigenvalue weighted by Crippen LogP contribution is -2.30. The van der Waals surface area contributed by atoms with E-state index in [0.717, 1.165) is 29.2 Å². The lowest BCUT2D eigenvalue weighted by molar-refractivity contribution is 0.240. The van der Waals surface area contributed by atoms with Crippen molar-refractivity contribution in [1.29, 1.82) is 0 Å². The van der Waals surface area contributed by atoms with Gasteiger partial charge in [-0.2, -0.15) is 0 Å². The van der Waals surface area contributed by atoms with Gasteiger partial charge in [0.05, 0.1) is 26.7 Å². The average Bonchev–Trinajstić information content (AvgIpc) is 3.00. The second-order valence-corrected chi connectivity index (χ2v) is 4.94. The minimum absolute atomic E-state index is 0.0731. The molecular weight excluding hydrogens is 268 g/mol. The number of methoxy groups -OCH3 is 2. The van der Waals surface area contributed by atoms with Crippen LogP contribution in [0.5, 0.6) is 11.5 Å². The van der Waals surface area contributed by atoms with Crippen LogP contribution < -0.4 is 15.2 Å². The summed E-state index contributed by atoms with van der Waals surface area (Å²) >= 11 is 0. The molecule has 0 saturated heterocycles. The van der Waals surface area contributed by atoms with Gasteiger partial charge in [-0.05, 0) is 30.8 Å². The number of hydrogen-bond acceptors (Lipinski definition) is 5. The van der Waals surface area contributed by atoms with Gasteiger partial charge in [-0.1, -0.05) is 0 Å². The second-order valence-electron chi connectivity index (χ2n) is 4.94. The molecule has 0 radical (unpaired) electrons. The average molecular weight is 290 g/mol. The van der Waals surface area contributed by atoms with Gasteiger partial charge >= 0.3 is 0 Å². The van der Waals surface area contributed by atoms with Crippen molar-refractivity contribution in [2.75, 3.05) is 27.8 Å². The SMILES string of the molecule is COc1cc(OC)cc(C(CN)N(C)Cc2ccoc2)c1. The number of furan rings is 1. The van der Waals surface area contributed by atoms with Gasteiger partial charge in [0.2, 0.25) is 0 Å². The zero-order chi connectivity index (χ0) is 15.2. The van der Waals surface area contributed by atoms with E-state index in [9.17, 15) is 0 Å². The number of hydrogen-bond donors (Lipinski definition) is 1. The Kier molecular flexibility index (Phi) is 5.25. The molecule has 1 atom stereocenters. The lowest BCUT2D eigenvalue weighted by Gasteiger charge is -2.27. The number of ether oxygens (including phenoxy) is 2. The van der Waals surface area contributed by atoms with Gasteiger partial charge in [0.15, 0.2) is 0 Å². The second kappa shape index (κ2) is 7.15. The van der Waals surface area contributed by atoms with Gasteiger partial charge < -0.3 is 19.6 Å². The first kappa shape index (κ1) is 15.4. The summed E-state index contributed by atoms with van der Waals surface area (Å²) in [7, 11) is 5.33. The van der Waals surface area contributed by atoms with Crippen molar-refractivity contribution in [2.24, 2.45) is 5.73 Å². The molecule has 5 heteroatoms.